The topological polar surface area (TPSA) is 81.6 Å². The number of carbonyl (C=O) groups is 1. The van der Waals surface area contributed by atoms with E-state index in [4.69, 9.17) is 5.11 Å². The Morgan fingerprint density at radius 2 is 1.71 bits per heavy atom. The summed E-state index contributed by atoms with van der Waals surface area (Å²) in [5, 5.41) is 22.5. The number of amides is 1. The largest absolute Gasteiger partial charge is 0.465 e. The van der Waals surface area contributed by atoms with E-state index in [9.17, 15) is 31.9 Å². The normalized spacial score (nSPS) is 14.9. The summed E-state index contributed by atoms with van der Waals surface area (Å²) in [5.41, 5.74) is 0.663. The molecule has 1 aromatic rings. The summed E-state index contributed by atoms with van der Waals surface area (Å²) in [6.45, 7) is -2.35. The summed E-state index contributed by atoms with van der Waals surface area (Å²) in [5.74, 6) is -4.94. The van der Waals surface area contributed by atoms with E-state index in [2.05, 4.69) is 0 Å². The van der Waals surface area contributed by atoms with Crippen molar-refractivity contribution in [2.45, 2.75) is 30.7 Å². The van der Waals surface area contributed by atoms with Crippen LogP contribution in [0.15, 0.2) is 30.3 Å². The predicted octanol–water partition coefficient (Wildman–Crippen LogP) is 2.01. The minimum absolute atomic E-state index is 0.0473. The molecular weight excluding hydrogens is 339 g/mol. The van der Waals surface area contributed by atoms with Gasteiger partial charge in [0, 0.05) is 6.54 Å². The SMILES string of the molecule is O=C(O)N[C@@H](Cc1ccccc1)[C@H](O)CNCC(F)(F)C(F)(F)F. The Morgan fingerprint density at radius 1 is 1.12 bits per heavy atom. The summed E-state index contributed by atoms with van der Waals surface area (Å²) >= 11 is 0. The number of hydrogen-bond donors (Lipinski definition) is 4. The fourth-order valence-electron chi connectivity index (χ4n) is 1.93. The number of benzene rings is 1. The monoisotopic (exact) mass is 356 g/mol. The maximum Gasteiger partial charge on any atom is 0.454 e. The molecule has 2 atom stereocenters. The van der Waals surface area contributed by atoms with Crippen molar-refractivity contribution in [3.05, 3.63) is 35.9 Å². The lowest BCUT2D eigenvalue weighted by Gasteiger charge is -2.25. The maximum absolute atomic E-state index is 12.8. The molecule has 0 aliphatic carbocycles. The maximum atomic E-state index is 12.8. The van der Waals surface area contributed by atoms with Crippen LogP contribution in [0.1, 0.15) is 5.56 Å². The highest BCUT2D eigenvalue weighted by Crippen LogP contribution is 2.34. The van der Waals surface area contributed by atoms with Crippen molar-refractivity contribution in [2.75, 3.05) is 13.1 Å². The zero-order chi connectivity index (χ0) is 18.4. The van der Waals surface area contributed by atoms with Gasteiger partial charge in [-0.2, -0.15) is 22.0 Å². The Labute approximate surface area is 134 Å². The van der Waals surface area contributed by atoms with E-state index in [1.807, 2.05) is 10.6 Å². The van der Waals surface area contributed by atoms with Crippen LogP contribution in [-0.2, 0) is 6.42 Å². The molecule has 1 amide bonds. The third-order valence-corrected chi connectivity index (χ3v) is 3.19. The van der Waals surface area contributed by atoms with Gasteiger partial charge in [-0.1, -0.05) is 30.3 Å². The predicted molar refractivity (Wildman–Crippen MR) is 75.0 cm³/mol. The van der Waals surface area contributed by atoms with Crippen LogP contribution >= 0.6 is 0 Å². The van der Waals surface area contributed by atoms with Gasteiger partial charge in [0.05, 0.1) is 18.7 Å². The highest BCUT2D eigenvalue weighted by molar-refractivity contribution is 5.65. The van der Waals surface area contributed by atoms with Crippen LogP contribution in [0.4, 0.5) is 26.7 Å². The number of aliphatic hydroxyl groups excluding tert-OH is 1. The van der Waals surface area contributed by atoms with E-state index in [0.717, 1.165) is 0 Å². The van der Waals surface area contributed by atoms with E-state index in [-0.39, 0.29) is 6.42 Å². The molecule has 0 bridgehead atoms. The lowest BCUT2D eigenvalue weighted by atomic mass is 10.0. The average molecular weight is 356 g/mol. The number of carboxylic acid groups (broad SMARTS) is 1. The van der Waals surface area contributed by atoms with Gasteiger partial charge in [0.2, 0.25) is 0 Å². The highest BCUT2D eigenvalue weighted by atomic mass is 19.4. The van der Waals surface area contributed by atoms with Gasteiger partial charge >= 0.3 is 18.2 Å². The van der Waals surface area contributed by atoms with Crippen LogP contribution in [0.2, 0.25) is 0 Å². The molecule has 0 spiro atoms. The third kappa shape index (κ3) is 6.28. The van der Waals surface area contributed by atoms with Gasteiger partial charge < -0.3 is 20.8 Å². The van der Waals surface area contributed by atoms with Crippen molar-refractivity contribution < 1.29 is 37.0 Å². The summed E-state index contributed by atoms with van der Waals surface area (Å²) < 4.78 is 61.6. The number of halogens is 5. The van der Waals surface area contributed by atoms with E-state index in [1.165, 1.54) is 0 Å². The molecule has 0 saturated carbocycles. The second-order valence-electron chi connectivity index (χ2n) is 5.15. The Hall–Kier alpha value is -1.94. The summed E-state index contributed by atoms with van der Waals surface area (Å²) in [6.07, 6.45) is -8.60. The quantitative estimate of drug-likeness (QED) is 0.537. The molecule has 1 rings (SSSR count). The molecule has 24 heavy (non-hydrogen) atoms. The highest BCUT2D eigenvalue weighted by Gasteiger charge is 2.56. The number of hydrogen-bond acceptors (Lipinski definition) is 3. The number of aliphatic hydroxyl groups is 1. The average Bonchev–Trinajstić information content (AvgIpc) is 2.45. The van der Waals surface area contributed by atoms with Gasteiger partial charge in [-0.3, -0.25) is 0 Å². The molecule has 10 heteroatoms. The van der Waals surface area contributed by atoms with Crippen LogP contribution in [-0.4, -0.2) is 53.6 Å². The van der Waals surface area contributed by atoms with Crippen LogP contribution in [0.25, 0.3) is 0 Å². The molecule has 1 aromatic carbocycles. The molecule has 0 heterocycles. The van der Waals surface area contributed by atoms with Crippen molar-refractivity contribution >= 4 is 6.09 Å². The summed E-state index contributed by atoms with van der Waals surface area (Å²) in [6, 6.07) is 7.34. The second-order valence-corrected chi connectivity index (χ2v) is 5.15. The molecule has 5 nitrogen and oxygen atoms in total. The van der Waals surface area contributed by atoms with E-state index < -0.39 is 43.4 Å². The van der Waals surface area contributed by atoms with Gasteiger partial charge in [-0.05, 0) is 12.0 Å². The van der Waals surface area contributed by atoms with Gasteiger partial charge in [0.15, 0.2) is 0 Å². The van der Waals surface area contributed by atoms with Crippen LogP contribution < -0.4 is 10.6 Å². The molecule has 0 saturated heterocycles. The second kappa shape index (κ2) is 8.25. The Kier molecular flexibility index (Phi) is 6.91. The lowest BCUT2D eigenvalue weighted by Crippen LogP contribution is -2.51. The van der Waals surface area contributed by atoms with Crippen molar-refractivity contribution in [1.29, 1.82) is 0 Å². The molecule has 136 valence electrons. The minimum atomic E-state index is -5.70. The molecular formula is C14H17F5N2O3. The fourth-order valence-corrected chi connectivity index (χ4v) is 1.93. The fraction of sp³-hybridized carbons (Fsp3) is 0.500. The molecule has 0 aliphatic rings. The number of nitrogens with one attached hydrogen (secondary N) is 2. The van der Waals surface area contributed by atoms with Gasteiger partial charge in [0.1, 0.15) is 0 Å². The first-order valence-corrected chi connectivity index (χ1v) is 6.89. The van der Waals surface area contributed by atoms with Crippen molar-refractivity contribution in [3.63, 3.8) is 0 Å². The minimum Gasteiger partial charge on any atom is -0.465 e. The van der Waals surface area contributed by atoms with Crippen molar-refractivity contribution in [1.82, 2.24) is 10.6 Å². The molecule has 0 aliphatic heterocycles. The van der Waals surface area contributed by atoms with Crippen molar-refractivity contribution in [2.24, 2.45) is 0 Å². The molecule has 0 aromatic heterocycles. The van der Waals surface area contributed by atoms with Crippen molar-refractivity contribution in [3.8, 4) is 0 Å². The summed E-state index contributed by atoms with van der Waals surface area (Å²) in [4.78, 5) is 10.8. The lowest BCUT2D eigenvalue weighted by molar-refractivity contribution is -0.279. The molecule has 4 N–H and O–H groups in total. The van der Waals surface area contributed by atoms with E-state index in [0.29, 0.717) is 5.56 Å². The zero-order valence-corrected chi connectivity index (χ0v) is 12.4. The first-order chi connectivity index (χ1) is 11.0. The molecule has 0 fully saturated rings. The standard InChI is InChI=1S/C14H17F5N2O3/c15-13(16,14(17,18)19)8-20-7-11(22)10(21-12(23)24)6-9-4-2-1-3-5-9/h1-5,10-11,20-22H,6-8H2,(H,23,24)/t10-,11+/m0/s1. The Balaban J connectivity index is 2.62. The smallest absolute Gasteiger partial charge is 0.454 e. The van der Waals surface area contributed by atoms with Crippen LogP contribution in [0.5, 0.6) is 0 Å². The van der Waals surface area contributed by atoms with Gasteiger partial charge in [-0.25, -0.2) is 4.79 Å². The van der Waals surface area contributed by atoms with Gasteiger partial charge in [0.25, 0.3) is 0 Å². The first-order valence-electron chi connectivity index (χ1n) is 6.89. The number of alkyl halides is 5. The molecule has 0 unspecified atom stereocenters. The zero-order valence-electron chi connectivity index (χ0n) is 12.4. The first kappa shape index (κ1) is 20.1. The summed E-state index contributed by atoms with van der Waals surface area (Å²) in [7, 11) is 0. The van der Waals surface area contributed by atoms with E-state index in [1.54, 1.807) is 30.3 Å². The van der Waals surface area contributed by atoms with Crippen LogP contribution in [0.3, 0.4) is 0 Å². The van der Waals surface area contributed by atoms with E-state index >= 15 is 0 Å². The van der Waals surface area contributed by atoms with Gasteiger partial charge in [-0.15, -0.1) is 0 Å². The third-order valence-electron chi connectivity index (χ3n) is 3.19. The Bertz CT molecular complexity index is 525. The number of rotatable bonds is 8. The molecule has 0 radical (unpaired) electrons. The Morgan fingerprint density at radius 3 is 2.21 bits per heavy atom. The van der Waals surface area contributed by atoms with Crippen LogP contribution in [0, 0.1) is 0 Å².